The maximum Gasteiger partial charge on any atom is 0.196 e. The second-order valence-corrected chi connectivity index (χ2v) is 4.78. The van der Waals surface area contributed by atoms with Gasteiger partial charge in [-0.15, -0.1) is 0 Å². The Morgan fingerprint density at radius 3 is 2.21 bits per heavy atom. The van der Waals surface area contributed by atoms with E-state index >= 15 is 0 Å². The van der Waals surface area contributed by atoms with Crippen LogP contribution in [0.1, 0.15) is 27.0 Å². The van der Waals surface area contributed by atoms with Gasteiger partial charge >= 0.3 is 0 Å². The van der Waals surface area contributed by atoms with Gasteiger partial charge in [0.05, 0.1) is 5.56 Å². The van der Waals surface area contributed by atoms with E-state index in [1.165, 1.54) is 25.1 Å². The lowest BCUT2D eigenvalue weighted by Crippen LogP contribution is -2.08. The molecule has 0 atom stereocenters. The molecule has 4 heteroatoms. The van der Waals surface area contributed by atoms with E-state index in [4.69, 9.17) is 11.6 Å². The molecule has 1 nitrogen and oxygen atoms in total. The minimum atomic E-state index is -1.11. The lowest BCUT2D eigenvalue weighted by Gasteiger charge is -2.08. The molecular weight excluding hydrogens is 270 g/mol. The number of carbonyl (C=O) groups is 1. The highest BCUT2D eigenvalue weighted by atomic mass is 35.5. The number of aryl methyl sites for hydroxylation is 2. The molecule has 0 spiro atoms. The van der Waals surface area contributed by atoms with Gasteiger partial charge in [-0.2, -0.15) is 0 Å². The fourth-order valence-electron chi connectivity index (χ4n) is 1.85. The quantitative estimate of drug-likeness (QED) is 0.742. The van der Waals surface area contributed by atoms with E-state index < -0.39 is 17.4 Å². The predicted octanol–water partition coefficient (Wildman–Crippen LogP) is 4.47. The highest BCUT2D eigenvalue weighted by molar-refractivity contribution is 6.30. The summed E-state index contributed by atoms with van der Waals surface area (Å²) in [5.41, 5.74) is 0.833. The fraction of sp³-hybridized carbons (Fsp3) is 0.133. The zero-order valence-electron chi connectivity index (χ0n) is 10.4. The number of hydrogen-bond donors (Lipinski definition) is 0. The van der Waals surface area contributed by atoms with Crippen LogP contribution in [-0.4, -0.2) is 5.78 Å². The number of ketones is 1. The maximum atomic E-state index is 13.8. The first-order chi connectivity index (χ1) is 8.91. The molecule has 0 amide bonds. The molecule has 0 saturated heterocycles. The van der Waals surface area contributed by atoms with Crippen LogP contribution in [0.2, 0.25) is 5.02 Å². The van der Waals surface area contributed by atoms with Crippen molar-refractivity contribution in [3.8, 4) is 0 Å². The molecule has 0 heterocycles. The van der Waals surface area contributed by atoms with Crippen LogP contribution in [-0.2, 0) is 0 Å². The monoisotopic (exact) mass is 280 g/mol. The molecule has 0 fully saturated rings. The minimum absolute atomic E-state index is 0.168. The zero-order valence-corrected chi connectivity index (χ0v) is 11.2. The smallest absolute Gasteiger partial charge is 0.196 e. The Balaban J connectivity index is 2.53. The maximum absolute atomic E-state index is 13.8. The number of hydrogen-bond acceptors (Lipinski definition) is 1. The van der Waals surface area contributed by atoms with Crippen LogP contribution in [0.25, 0.3) is 0 Å². The predicted molar refractivity (Wildman–Crippen MR) is 70.7 cm³/mol. The molecular formula is C15H11ClF2O. The Labute approximate surface area is 114 Å². The van der Waals surface area contributed by atoms with Crippen LogP contribution < -0.4 is 0 Å². The van der Waals surface area contributed by atoms with E-state index in [2.05, 4.69) is 0 Å². The van der Waals surface area contributed by atoms with Gasteiger partial charge in [-0.1, -0.05) is 17.7 Å². The van der Waals surface area contributed by atoms with Crippen molar-refractivity contribution in [1.29, 1.82) is 0 Å². The van der Waals surface area contributed by atoms with Crippen LogP contribution in [0.3, 0.4) is 0 Å². The number of rotatable bonds is 2. The van der Waals surface area contributed by atoms with Gasteiger partial charge in [0.25, 0.3) is 0 Å². The molecule has 2 rings (SSSR count). The van der Waals surface area contributed by atoms with Crippen molar-refractivity contribution in [2.24, 2.45) is 0 Å². The van der Waals surface area contributed by atoms with Crippen molar-refractivity contribution in [2.75, 3.05) is 0 Å². The summed E-state index contributed by atoms with van der Waals surface area (Å²) in [5.74, 6) is -2.65. The van der Waals surface area contributed by atoms with Crippen molar-refractivity contribution in [3.05, 3.63) is 69.2 Å². The number of benzene rings is 2. The third-order valence-corrected chi connectivity index (χ3v) is 3.19. The van der Waals surface area contributed by atoms with Crippen molar-refractivity contribution in [3.63, 3.8) is 0 Å². The van der Waals surface area contributed by atoms with Crippen molar-refractivity contribution in [2.45, 2.75) is 13.8 Å². The van der Waals surface area contributed by atoms with E-state index in [1.807, 2.05) is 0 Å². The summed E-state index contributed by atoms with van der Waals surface area (Å²) >= 11 is 5.80. The second kappa shape index (κ2) is 5.10. The van der Waals surface area contributed by atoms with Gasteiger partial charge in [-0.3, -0.25) is 4.79 Å². The largest absolute Gasteiger partial charge is 0.288 e. The standard InChI is InChI=1S/C15H11ClF2O/c1-8-3-5-12(14(18)13(8)17)15(19)11-6-4-10(16)7-9(11)2/h3-7H,1-2H3. The molecule has 98 valence electrons. The molecule has 0 aromatic heterocycles. The molecule has 19 heavy (non-hydrogen) atoms. The first-order valence-electron chi connectivity index (χ1n) is 5.67. The SMILES string of the molecule is Cc1cc(Cl)ccc1C(=O)c1ccc(C)c(F)c1F. The summed E-state index contributed by atoms with van der Waals surface area (Å²) < 4.78 is 27.3. The van der Waals surface area contributed by atoms with E-state index in [0.717, 1.165) is 0 Å². The molecule has 0 bridgehead atoms. The first kappa shape index (κ1) is 13.7. The Hall–Kier alpha value is -1.74. The summed E-state index contributed by atoms with van der Waals surface area (Å²) in [5, 5.41) is 0.490. The second-order valence-electron chi connectivity index (χ2n) is 4.35. The summed E-state index contributed by atoms with van der Waals surface area (Å²) in [6.45, 7) is 3.14. The lowest BCUT2D eigenvalue weighted by atomic mass is 9.98. The molecule has 0 aliphatic carbocycles. The number of halogens is 3. The topological polar surface area (TPSA) is 17.1 Å². The van der Waals surface area contributed by atoms with E-state index in [9.17, 15) is 13.6 Å². The van der Waals surface area contributed by atoms with Crippen LogP contribution in [0.5, 0.6) is 0 Å². The van der Waals surface area contributed by atoms with Crippen LogP contribution in [0.4, 0.5) is 8.78 Å². The normalized spacial score (nSPS) is 10.6. The molecule has 0 aliphatic rings. The van der Waals surface area contributed by atoms with E-state index in [0.29, 0.717) is 16.1 Å². The van der Waals surface area contributed by atoms with Gasteiger partial charge in [0.15, 0.2) is 17.4 Å². The highest BCUT2D eigenvalue weighted by Crippen LogP contribution is 2.22. The van der Waals surface area contributed by atoms with Crippen LogP contribution >= 0.6 is 11.6 Å². The molecule has 0 saturated carbocycles. The average molecular weight is 281 g/mol. The Morgan fingerprint density at radius 2 is 1.58 bits per heavy atom. The van der Waals surface area contributed by atoms with E-state index in [1.54, 1.807) is 19.1 Å². The van der Waals surface area contributed by atoms with Crippen molar-refractivity contribution < 1.29 is 13.6 Å². The summed E-state index contributed by atoms with van der Waals surface area (Å²) in [4.78, 5) is 12.2. The van der Waals surface area contributed by atoms with Gasteiger partial charge in [0, 0.05) is 10.6 Å². The molecule has 0 aliphatic heterocycles. The first-order valence-corrected chi connectivity index (χ1v) is 6.05. The van der Waals surface area contributed by atoms with E-state index in [-0.39, 0.29) is 11.1 Å². The van der Waals surface area contributed by atoms with Crippen LogP contribution in [0, 0.1) is 25.5 Å². The zero-order chi connectivity index (χ0) is 14.2. The fourth-order valence-corrected chi connectivity index (χ4v) is 2.07. The highest BCUT2D eigenvalue weighted by Gasteiger charge is 2.19. The summed E-state index contributed by atoms with van der Waals surface area (Å²) in [7, 11) is 0. The number of carbonyl (C=O) groups excluding carboxylic acids is 1. The molecule has 2 aromatic rings. The average Bonchev–Trinajstić information content (AvgIpc) is 2.35. The van der Waals surface area contributed by atoms with Crippen molar-refractivity contribution >= 4 is 17.4 Å². The third-order valence-electron chi connectivity index (χ3n) is 2.95. The van der Waals surface area contributed by atoms with Gasteiger partial charge in [0.1, 0.15) is 0 Å². The Bertz CT molecular complexity index is 665. The molecule has 0 radical (unpaired) electrons. The van der Waals surface area contributed by atoms with Crippen molar-refractivity contribution in [1.82, 2.24) is 0 Å². The minimum Gasteiger partial charge on any atom is -0.288 e. The Kier molecular flexibility index (Phi) is 3.67. The third kappa shape index (κ3) is 2.51. The Morgan fingerprint density at radius 1 is 0.947 bits per heavy atom. The summed E-state index contributed by atoms with van der Waals surface area (Å²) in [6.07, 6.45) is 0. The van der Waals surface area contributed by atoms with Crippen LogP contribution in [0.15, 0.2) is 30.3 Å². The molecule has 2 aromatic carbocycles. The van der Waals surface area contributed by atoms with Gasteiger partial charge < -0.3 is 0 Å². The molecule has 0 N–H and O–H groups in total. The van der Waals surface area contributed by atoms with Gasteiger partial charge in [0.2, 0.25) is 0 Å². The summed E-state index contributed by atoms with van der Waals surface area (Å²) in [6, 6.07) is 7.35. The lowest BCUT2D eigenvalue weighted by molar-refractivity contribution is 0.103. The van der Waals surface area contributed by atoms with Gasteiger partial charge in [-0.05, 0) is 49.2 Å². The van der Waals surface area contributed by atoms with Gasteiger partial charge in [-0.25, -0.2) is 8.78 Å². The molecule has 0 unspecified atom stereocenters.